The number of ether oxygens (including phenoxy) is 1. The predicted molar refractivity (Wildman–Crippen MR) is 96.8 cm³/mol. The van der Waals surface area contributed by atoms with E-state index in [9.17, 15) is 0 Å². The normalized spacial score (nSPS) is 29.0. The molecular weight excluding hydrogens is 308 g/mol. The quantitative estimate of drug-likeness (QED) is 0.741. The molecule has 1 heterocycles. The van der Waals surface area contributed by atoms with Crippen LogP contribution in [0.5, 0.6) is 0 Å². The largest absolute Gasteiger partial charge is 0.373 e. The second-order valence-electron chi connectivity index (χ2n) is 7.94. The highest BCUT2D eigenvalue weighted by molar-refractivity contribution is 6.29. The molecule has 1 aliphatic carbocycles. The van der Waals surface area contributed by atoms with E-state index in [1.54, 1.807) is 6.20 Å². The molecule has 3 unspecified atom stereocenters. The van der Waals surface area contributed by atoms with Gasteiger partial charge in [0.15, 0.2) is 0 Å². The number of hydrogen-bond donors (Lipinski definition) is 0. The average molecular weight is 339 g/mol. The molecule has 0 aliphatic heterocycles. The first-order chi connectivity index (χ1) is 10.7. The van der Waals surface area contributed by atoms with E-state index in [-0.39, 0.29) is 11.1 Å². The van der Waals surface area contributed by atoms with Gasteiger partial charge in [-0.3, -0.25) is 0 Å². The molecule has 1 saturated carbocycles. The first-order valence-electron chi connectivity index (χ1n) is 8.60. The number of pyridine rings is 1. The van der Waals surface area contributed by atoms with E-state index in [1.165, 1.54) is 24.8 Å². The maximum atomic E-state index is 6.25. The number of aromatic nitrogens is 1. The van der Waals surface area contributed by atoms with E-state index in [2.05, 4.69) is 50.7 Å². The van der Waals surface area contributed by atoms with Crippen LogP contribution >= 0.6 is 11.6 Å². The molecule has 0 saturated heterocycles. The molecule has 0 spiro atoms. The van der Waals surface area contributed by atoms with E-state index in [4.69, 9.17) is 16.3 Å². The van der Waals surface area contributed by atoms with Crippen molar-refractivity contribution in [3.63, 3.8) is 0 Å². The van der Waals surface area contributed by atoms with E-state index < -0.39 is 0 Å². The van der Waals surface area contributed by atoms with Crippen LogP contribution in [-0.4, -0.2) is 36.1 Å². The number of halogens is 1. The Labute approximate surface area is 146 Å². The van der Waals surface area contributed by atoms with Gasteiger partial charge < -0.3 is 9.64 Å². The Hall–Kier alpha value is -0.640. The zero-order chi connectivity index (χ0) is 17.3. The van der Waals surface area contributed by atoms with Gasteiger partial charge in [0, 0.05) is 31.3 Å². The zero-order valence-electron chi connectivity index (χ0n) is 15.4. The SMILES string of the molecule is COC1(c2ccnc(Cl)c2)C(C)CCCC1CN(C)C(C)(C)C. The first kappa shape index (κ1) is 18.7. The molecule has 2 rings (SSSR count). The second-order valence-corrected chi connectivity index (χ2v) is 8.33. The minimum Gasteiger partial charge on any atom is -0.373 e. The van der Waals surface area contributed by atoms with Crippen LogP contribution in [-0.2, 0) is 10.3 Å². The lowest BCUT2D eigenvalue weighted by atomic mass is 9.65. The van der Waals surface area contributed by atoms with Gasteiger partial charge >= 0.3 is 0 Å². The smallest absolute Gasteiger partial charge is 0.129 e. The summed E-state index contributed by atoms with van der Waals surface area (Å²) in [6.45, 7) is 10.1. The van der Waals surface area contributed by atoms with Crippen LogP contribution in [0.15, 0.2) is 18.3 Å². The third-order valence-electron chi connectivity index (χ3n) is 5.68. The van der Waals surface area contributed by atoms with E-state index in [0.29, 0.717) is 17.0 Å². The first-order valence-corrected chi connectivity index (χ1v) is 8.98. The molecule has 3 atom stereocenters. The van der Waals surface area contributed by atoms with Gasteiger partial charge in [0.05, 0.1) is 5.60 Å². The lowest BCUT2D eigenvalue weighted by molar-refractivity contribution is -0.135. The van der Waals surface area contributed by atoms with Crippen molar-refractivity contribution in [3.8, 4) is 0 Å². The maximum Gasteiger partial charge on any atom is 0.129 e. The lowest BCUT2D eigenvalue weighted by Gasteiger charge is -2.50. The van der Waals surface area contributed by atoms with Crippen LogP contribution in [0, 0.1) is 11.8 Å². The Kier molecular flexibility index (Phi) is 5.76. The van der Waals surface area contributed by atoms with Gasteiger partial charge in [-0.25, -0.2) is 4.98 Å². The van der Waals surface area contributed by atoms with Crippen LogP contribution < -0.4 is 0 Å². The topological polar surface area (TPSA) is 25.4 Å². The molecule has 0 radical (unpaired) electrons. The Morgan fingerprint density at radius 3 is 2.65 bits per heavy atom. The van der Waals surface area contributed by atoms with E-state index in [0.717, 1.165) is 6.54 Å². The molecule has 0 amide bonds. The second kappa shape index (κ2) is 7.08. The highest BCUT2D eigenvalue weighted by atomic mass is 35.5. The Morgan fingerprint density at radius 2 is 2.09 bits per heavy atom. The van der Waals surface area contributed by atoms with Crippen molar-refractivity contribution in [1.29, 1.82) is 0 Å². The molecule has 1 fully saturated rings. The molecule has 0 N–H and O–H groups in total. The standard InChI is InChI=1S/C19H31ClN2O/c1-14-8-7-9-16(13-22(5)18(2,3)4)19(14,23-6)15-10-11-21-17(20)12-15/h10-12,14,16H,7-9,13H2,1-6H3. The summed E-state index contributed by atoms with van der Waals surface area (Å²) in [5.41, 5.74) is 1.03. The fourth-order valence-corrected chi connectivity index (χ4v) is 4.16. The van der Waals surface area contributed by atoms with E-state index >= 15 is 0 Å². The minimum absolute atomic E-state index is 0.149. The van der Waals surface area contributed by atoms with Crippen LogP contribution in [0.3, 0.4) is 0 Å². The lowest BCUT2D eigenvalue weighted by Crippen LogP contribution is -2.52. The number of nitrogens with zero attached hydrogens (tertiary/aromatic N) is 2. The molecule has 23 heavy (non-hydrogen) atoms. The summed E-state index contributed by atoms with van der Waals surface area (Å²) in [5, 5.41) is 0.541. The molecule has 1 aromatic rings. The minimum atomic E-state index is -0.287. The van der Waals surface area contributed by atoms with Crippen molar-refractivity contribution in [3.05, 3.63) is 29.0 Å². The van der Waals surface area contributed by atoms with Crippen molar-refractivity contribution in [1.82, 2.24) is 9.88 Å². The van der Waals surface area contributed by atoms with Crippen LogP contribution in [0.1, 0.15) is 52.5 Å². The molecular formula is C19H31ClN2O. The molecule has 0 aromatic carbocycles. The highest BCUT2D eigenvalue weighted by Crippen LogP contribution is 2.49. The monoisotopic (exact) mass is 338 g/mol. The van der Waals surface area contributed by atoms with E-state index in [1.807, 2.05) is 13.2 Å². The number of hydrogen-bond acceptors (Lipinski definition) is 3. The van der Waals surface area contributed by atoms with Gasteiger partial charge in [-0.05, 0) is 64.3 Å². The van der Waals surface area contributed by atoms with Crippen molar-refractivity contribution < 1.29 is 4.74 Å². The van der Waals surface area contributed by atoms with Crippen molar-refractivity contribution in [2.45, 2.75) is 58.1 Å². The van der Waals surface area contributed by atoms with Gasteiger partial charge in [0.2, 0.25) is 0 Å². The van der Waals surface area contributed by atoms with Crippen molar-refractivity contribution >= 4 is 11.6 Å². The Bertz CT molecular complexity index is 528. The average Bonchev–Trinajstić information content (AvgIpc) is 2.47. The number of methoxy groups -OCH3 is 1. The molecule has 1 aromatic heterocycles. The van der Waals surface area contributed by atoms with Gasteiger partial charge in [-0.15, -0.1) is 0 Å². The fourth-order valence-electron chi connectivity index (χ4n) is 3.98. The van der Waals surface area contributed by atoms with Crippen LogP contribution in [0.2, 0.25) is 5.15 Å². The third-order valence-corrected chi connectivity index (χ3v) is 5.89. The summed E-state index contributed by atoms with van der Waals surface area (Å²) < 4.78 is 6.25. The van der Waals surface area contributed by atoms with Crippen LogP contribution in [0.25, 0.3) is 0 Å². The predicted octanol–water partition coefficient (Wildman–Crippen LogP) is 4.74. The summed E-state index contributed by atoms with van der Waals surface area (Å²) >= 11 is 6.18. The molecule has 1 aliphatic rings. The Morgan fingerprint density at radius 1 is 1.39 bits per heavy atom. The fraction of sp³-hybridized carbons (Fsp3) is 0.737. The van der Waals surface area contributed by atoms with Gasteiger partial charge in [-0.1, -0.05) is 24.9 Å². The molecule has 0 bridgehead atoms. The van der Waals surface area contributed by atoms with Gasteiger partial charge in [0.25, 0.3) is 0 Å². The summed E-state index contributed by atoms with van der Waals surface area (Å²) in [6.07, 6.45) is 5.42. The van der Waals surface area contributed by atoms with Crippen LogP contribution in [0.4, 0.5) is 0 Å². The summed E-state index contributed by atoms with van der Waals surface area (Å²) in [7, 11) is 4.06. The summed E-state index contributed by atoms with van der Waals surface area (Å²) in [6, 6.07) is 4.05. The number of rotatable bonds is 4. The Balaban J connectivity index is 2.42. The summed E-state index contributed by atoms with van der Waals surface area (Å²) in [4.78, 5) is 6.59. The molecule has 130 valence electrons. The maximum absolute atomic E-state index is 6.25. The molecule has 3 nitrogen and oxygen atoms in total. The summed E-state index contributed by atoms with van der Waals surface area (Å²) in [5.74, 6) is 0.900. The zero-order valence-corrected chi connectivity index (χ0v) is 16.2. The molecule has 4 heteroatoms. The third kappa shape index (κ3) is 3.72. The van der Waals surface area contributed by atoms with Gasteiger partial charge in [-0.2, -0.15) is 0 Å². The van der Waals surface area contributed by atoms with Crippen molar-refractivity contribution in [2.24, 2.45) is 11.8 Å². The van der Waals surface area contributed by atoms with Crippen molar-refractivity contribution in [2.75, 3.05) is 20.7 Å². The van der Waals surface area contributed by atoms with Gasteiger partial charge in [0.1, 0.15) is 5.15 Å². The highest BCUT2D eigenvalue weighted by Gasteiger charge is 2.48.